The van der Waals surface area contributed by atoms with Gasteiger partial charge in [-0.15, -0.1) is 0 Å². The molecule has 0 fully saturated rings. The summed E-state index contributed by atoms with van der Waals surface area (Å²) in [6.45, 7) is 0. The van der Waals surface area contributed by atoms with E-state index in [4.69, 9.17) is 4.42 Å². The van der Waals surface area contributed by atoms with Gasteiger partial charge in [0.2, 0.25) is 0 Å². The Morgan fingerprint density at radius 3 is 1.35 bits per heavy atom. The van der Waals surface area contributed by atoms with Crippen LogP contribution < -0.4 is 0 Å². The van der Waals surface area contributed by atoms with E-state index in [-0.39, 0.29) is 0 Å². The van der Waals surface area contributed by atoms with E-state index < -0.39 is 0 Å². The molecule has 0 amide bonds. The van der Waals surface area contributed by atoms with E-state index in [1.165, 1.54) is 87.2 Å². The summed E-state index contributed by atoms with van der Waals surface area (Å²) in [5, 5.41) is 14.6. The third-order valence-corrected chi connectivity index (χ3v) is 10.8. The molecule has 10 aromatic carbocycles. The van der Waals surface area contributed by atoms with Gasteiger partial charge in [-0.05, 0) is 100 Å². The van der Waals surface area contributed by atoms with Crippen LogP contribution in [0.3, 0.4) is 0 Å². The van der Waals surface area contributed by atoms with Crippen LogP contribution in [0.25, 0.3) is 109 Å². The van der Waals surface area contributed by atoms with Crippen LogP contribution in [-0.4, -0.2) is 0 Å². The van der Waals surface area contributed by atoms with E-state index in [0.717, 1.165) is 21.9 Å². The number of fused-ring (bicyclic) bond motifs is 12. The number of para-hydroxylation sites is 1. The van der Waals surface area contributed by atoms with Crippen LogP contribution in [0.1, 0.15) is 0 Å². The molecule has 0 bridgehead atoms. The van der Waals surface area contributed by atoms with Crippen LogP contribution >= 0.6 is 0 Å². The number of benzene rings is 10. The van der Waals surface area contributed by atoms with Gasteiger partial charge in [-0.25, -0.2) is 0 Å². The summed E-state index contributed by atoms with van der Waals surface area (Å²) in [5.74, 6) is 0. The minimum absolute atomic E-state index is 0.922. The highest BCUT2D eigenvalue weighted by atomic mass is 16.3. The first-order chi connectivity index (χ1) is 25.3. The summed E-state index contributed by atoms with van der Waals surface area (Å²) in [6.07, 6.45) is 0. The van der Waals surface area contributed by atoms with Gasteiger partial charge in [0.05, 0.1) is 0 Å². The Morgan fingerprint density at radius 2 is 0.686 bits per heavy atom. The molecule has 0 aliphatic carbocycles. The Hall–Kier alpha value is -6.70. The topological polar surface area (TPSA) is 13.1 Å². The van der Waals surface area contributed by atoms with Gasteiger partial charge < -0.3 is 4.42 Å². The van der Waals surface area contributed by atoms with Gasteiger partial charge in [0.25, 0.3) is 0 Å². The third-order valence-electron chi connectivity index (χ3n) is 10.8. The van der Waals surface area contributed by atoms with Crippen molar-refractivity contribution in [3.8, 4) is 33.4 Å². The van der Waals surface area contributed by atoms with Gasteiger partial charge in [-0.1, -0.05) is 164 Å². The van der Waals surface area contributed by atoms with Crippen LogP contribution in [0.4, 0.5) is 0 Å². The fourth-order valence-electron chi connectivity index (χ4n) is 8.58. The quantitative estimate of drug-likeness (QED) is 0.138. The molecular formula is C50H30O. The highest BCUT2D eigenvalue weighted by Crippen LogP contribution is 2.47. The third kappa shape index (κ3) is 4.16. The van der Waals surface area contributed by atoms with E-state index >= 15 is 0 Å². The van der Waals surface area contributed by atoms with Crippen molar-refractivity contribution in [1.82, 2.24) is 0 Å². The molecule has 0 spiro atoms. The van der Waals surface area contributed by atoms with E-state index in [9.17, 15) is 0 Å². The molecule has 1 aromatic heterocycles. The summed E-state index contributed by atoms with van der Waals surface area (Å²) in [4.78, 5) is 0. The fourth-order valence-corrected chi connectivity index (χ4v) is 8.58. The molecule has 1 nitrogen and oxygen atoms in total. The summed E-state index contributed by atoms with van der Waals surface area (Å²) < 4.78 is 6.64. The van der Waals surface area contributed by atoms with Crippen LogP contribution in [0.5, 0.6) is 0 Å². The second-order valence-electron chi connectivity index (χ2n) is 13.6. The van der Waals surface area contributed by atoms with Crippen LogP contribution in [0, 0.1) is 0 Å². The lowest BCUT2D eigenvalue weighted by Crippen LogP contribution is -1.91. The van der Waals surface area contributed by atoms with Gasteiger partial charge in [0.1, 0.15) is 11.2 Å². The Labute approximate surface area is 294 Å². The second-order valence-corrected chi connectivity index (χ2v) is 13.6. The van der Waals surface area contributed by atoms with Crippen molar-refractivity contribution in [3.63, 3.8) is 0 Å². The van der Waals surface area contributed by atoms with Crippen molar-refractivity contribution in [3.05, 3.63) is 182 Å². The largest absolute Gasteiger partial charge is 0.455 e. The van der Waals surface area contributed by atoms with Crippen LogP contribution in [-0.2, 0) is 0 Å². The molecule has 0 saturated carbocycles. The van der Waals surface area contributed by atoms with Crippen molar-refractivity contribution >= 4 is 75.8 Å². The van der Waals surface area contributed by atoms with Crippen LogP contribution in [0.15, 0.2) is 186 Å². The molecule has 0 N–H and O–H groups in total. The summed E-state index contributed by atoms with van der Waals surface area (Å²) >= 11 is 0. The minimum atomic E-state index is 0.922. The molecule has 11 rings (SSSR count). The summed E-state index contributed by atoms with van der Waals surface area (Å²) in [5.41, 5.74) is 9.29. The average molecular weight is 647 g/mol. The average Bonchev–Trinajstić information content (AvgIpc) is 3.59. The lowest BCUT2D eigenvalue weighted by atomic mass is 9.84. The Balaban J connectivity index is 1.20. The maximum Gasteiger partial charge on any atom is 0.143 e. The maximum atomic E-state index is 6.64. The maximum absolute atomic E-state index is 6.64. The van der Waals surface area contributed by atoms with Crippen molar-refractivity contribution in [2.75, 3.05) is 0 Å². The number of furan rings is 1. The predicted octanol–water partition coefficient (Wildman–Crippen LogP) is 14.4. The SMILES string of the molecule is c1ccc(-c2ccc(-c3c4ccccc4c(-c4ccc5c(c4)c4ccccc4c4ccc6c7ccccc7oc6c45)c4ccccc34)cc2)cc1. The van der Waals surface area contributed by atoms with Crippen molar-refractivity contribution in [2.45, 2.75) is 0 Å². The molecule has 236 valence electrons. The van der Waals surface area contributed by atoms with Crippen molar-refractivity contribution in [2.24, 2.45) is 0 Å². The summed E-state index contributed by atoms with van der Waals surface area (Å²) in [7, 11) is 0. The minimum Gasteiger partial charge on any atom is -0.455 e. The van der Waals surface area contributed by atoms with Gasteiger partial charge in [0, 0.05) is 16.2 Å². The molecule has 1 heteroatoms. The van der Waals surface area contributed by atoms with Gasteiger partial charge in [-0.3, -0.25) is 0 Å². The molecule has 0 unspecified atom stereocenters. The Morgan fingerprint density at radius 1 is 0.255 bits per heavy atom. The molecule has 0 aliphatic rings. The second kappa shape index (κ2) is 10.9. The highest BCUT2D eigenvalue weighted by molar-refractivity contribution is 6.33. The highest BCUT2D eigenvalue weighted by Gasteiger charge is 2.20. The van der Waals surface area contributed by atoms with Gasteiger partial charge in [-0.2, -0.15) is 0 Å². The van der Waals surface area contributed by atoms with E-state index in [1.54, 1.807) is 0 Å². The lowest BCUT2D eigenvalue weighted by molar-refractivity contribution is 0.673. The Bertz CT molecular complexity index is 3110. The van der Waals surface area contributed by atoms with Gasteiger partial charge in [0.15, 0.2) is 0 Å². The smallest absolute Gasteiger partial charge is 0.143 e. The van der Waals surface area contributed by atoms with E-state index in [1.807, 2.05) is 6.07 Å². The molecule has 0 aliphatic heterocycles. The first-order valence-electron chi connectivity index (χ1n) is 17.6. The first kappa shape index (κ1) is 28.2. The number of hydrogen-bond acceptors (Lipinski definition) is 1. The molecular weight excluding hydrogens is 617 g/mol. The molecule has 51 heavy (non-hydrogen) atoms. The molecule has 0 atom stereocenters. The molecule has 0 saturated heterocycles. The van der Waals surface area contributed by atoms with E-state index in [2.05, 4.69) is 176 Å². The molecule has 11 aromatic rings. The number of hydrogen-bond donors (Lipinski definition) is 0. The van der Waals surface area contributed by atoms with Crippen molar-refractivity contribution < 1.29 is 4.42 Å². The predicted molar refractivity (Wildman–Crippen MR) is 218 cm³/mol. The standard InChI is InChI=1S/C50H30O/c1-2-12-31(13-3-1)32-22-24-33(25-23-32)47-38-17-6-8-19-40(38)48(41-20-9-7-18-39(41)47)34-26-27-43-45(30-34)36-15-5-4-14-35(36)42-28-29-44-37-16-10-11-21-46(37)51-50(44)49(42)43/h1-30H. The zero-order chi connectivity index (χ0) is 33.5. The number of rotatable bonds is 3. The zero-order valence-electron chi connectivity index (χ0n) is 27.7. The van der Waals surface area contributed by atoms with Gasteiger partial charge >= 0.3 is 0 Å². The Kier molecular flexibility index (Phi) is 6.02. The normalized spacial score (nSPS) is 11.9. The fraction of sp³-hybridized carbons (Fsp3) is 0. The van der Waals surface area contributed by atoms with Crippen molar-refractivity contribution in [1.29, 1.82) is 0 Å². The molecule has 0 radical (unpaired) electrons. The van der Waals surface area contributed by atoms with E-state index in [0.29, 0.717) is 0 Å². The molecule has 1 heterocycles. The monoisotopic (exact) mass is 646 g/mol. The summed E-state index contributed by atoms with van der Waals surface area (Å²) in [6, 6.07) is 66.2. The lowest BCUT2D eigenvalue weighted by Gasteiger charge is -2.19. The first-order valence-corrected chi connectivity index (χ1v) is 17.6. The zero-order valence-corrected chi connectivity index (χ0v) is 27.7. The van der Waals surface area contributed by atoms with Crippen LogP contribution in [0.2, 0.25) is 0 Å².